The summed E-state index contributed by atoms with van der Waals surface area (Å²) in [6, 6.07) is 0. The minimum absolute atomic E-state index is 0.266. The monoisotopic (exact) mass is 412 g/mol. The van der Waals surface area contributed by atoms with Gasteiger partial charge in [-0.05, 0) is 97.7 Å². The Bertz CT molecular complexity index is 733. The van der Waals surface area contributed by atoms with Crippen LogP contribution in [0.4, 0.5) is 0 Å². The third-order valence-electron chi connectivity index (χ3n) is 11.6. The molecule has 11 atom stereocenters. The molecule has 2 heterocycles. The first-order valence-corrected chi connectivity index (χ1v) is 13.3. The average molecular weight is 413 g/mol. The summed E-state index contributed by atoms with van der Waals surface area (Å²) in [6.07, 6.45) is 15.3. The van der Waals surface area contributed by atoms with E-state index >= 15 is 0 Å². The van der Waals surface area contributed by atoms with Crippen molar-refractivity contribution in [2.45, 2.75) is 104 Å². The van der Waals surface area contributed by atoms with Crippen molar-refractivity contribution in [2.75, 3.05) is 6.61 Å². The lowest BCUT2D eigenvalue weighted by atomic mass is 9.46. The highest BCUT2D eigenvalue weighted by Crippen LogP contribution is 2.70. The van der Waals surface area contributed by atoms with Crippen LogP contribution >= 0.6 is 0 Å². The fourth-order valence-electron chi connectivity index (χ4n) is 9.86. The summed E-state index contributed by atoms with van der Waals surface area (Å²) in [7, 11) is 0. The van der Waals surface area contributed by atoms with Crippen molar-refractivity contribution in [3.8, 4) is 0 Å². The van der Waals surface area contributed by atoms with Gasteiger partial charge in [0.2, 0.25) is 0 Å². The number of rotatable bonds is 0. The normalized spacial score (nSPS) is 59.8. The second-order valence-electron chi connectivity index (χ2n) is 13.1. The maximum atomic E-state index is 6.92. The second kappa shape index (κ2) is 6.60. The van der Waals surface area contributed by atoms with E-state index in [1.54, 1.807) is 0 Å². The van der Waals surface area contributed by atoms with Crippen LogP contribution in [0.5, 0.6) is 0 Å². The van der Waals surface area contributed by atoms with Gasteiger partial charge in [0.25, 0.3) is 0 Å². The van der Waals surface area contributed by atoms with E-state index in [9.17, 15) is 0 Å². The molecule has 2 heteroatoms. The maximum absolute atomic E-state index is 6.92. The summed E-state index contributed by atoms with van der Waals surface area (Å²) >= 11 is 0. The van der Waals surface area contributed by atoms with E-state index in [0.29, 0.717) is 34.7 Å². The van der Waals surface area contributed by atoms with Crippen LogP contribution in [0.25, 0.3) is 0 Å². The molecule has 6 aliphatic rings. The molecule has 4 aliphatic carbocycles. The van der Waals surface area contributed by atoms with Crippen molar-refractivity contribution < 1.29 is 9.47 Å². The summed E-state index contributed by atoms with van der Waals surface area (Å²) in [5, 5.41) is 0. The molecular formula is C28H44O2. The molecule has 0 aromatic heterocycles. The number of fused-ring (bicyclic) bond motifs is 7. The Morgan fingerprint density at radius 2 is 1.73 bits per heavy atom. The molecule has 2 saturated heterocycles. The van der Waals surface area contributed by atoms with E-state index in [2.05, 4.69) is 40.7 Å². The molecule has 0 bridgehead atoms. The molecular weight excluding hydrogens is 368 g/mol. The molecule has 5 fully saturated rings. The SMILES string of the molecule is CC1CC[C@@]2(OC1)O[C@H]1C[C@H]3C4CC=C5C[C@@H](C)CC[C@]5(C)[C@H]4CC[C@]3(C)[C@H]1[C@@H]2C. The summed E-state index contributed by atoms with van der Waals surface area (Å²) in [6.45, 7) is 13.5. The zero-order chi connectivity index (χ0) is 20.9. The fraction of sp³-hybridized carbons (Fsp3) is 0.929. The van der Waals surface area contributed by atoms with Crippen LogP contribution in [0.15, 0.2) is 11.6 Å². The Labute approximate surface area is 184 Å². The molecule has 2 aliphatic heterocycles. The van der Waals surface area contributed by atoms with Gasteiger partial charge in [0.1, 0.15) is 0 Å². The number of hydrogen-bond acceptors (Lipinski definition) is 2. The highest BCUT2D eigenvalue weighted by atomic mass is 16.7. The molecule has 0 radical (unpaired) electrons. The van der Waals surface area contributed by atoms with Crippen molar-refractivity contribution in [1.82, 2.24) is 0 Å². The van der Waals surface area contributed by atoms with Gasteiger partial charge in [-0.1, -0.05) is 46.3 Å². The van der Waals surface area contributed by atoms with E-state index in [4.69, 9.17) is 9.47 Å². The summed E-state index contributed by atoms with van der Waals surface area (Å²) in [5.41, 5.74) is 2.77. The minimum atomic E-state index is -0.266. The summed E-state index contributed by atoms with van der Waals surface area (Å²) < 4.78 is 13.4. The lowest BCUT2D eigenvalue weighted by Crippen LogP contribution is -2.52. The fourth-order valence-corrected chi connectivity index (χ4v) is 9.86. The lowest BCUT2D eigenvalue weighted by Gasteiger charge is -2.58. The maximum Gasteiger partial charge on any atom is 0.171 e. The molecule has 6 rings (SSSR count). The third-order valence-corrected chi connectivity index (χ3v) is 11.6. The van der Waals surface area contributed by atoms with Crippen LogP contribution in [0.3, 0.4) is 0 Å². The molecule has 2 nitrogen and oxygen atoms in total. The molecule has 3 saturated carbocycles. The third kappa shape index (κ3) is 2.56. The van der Waals surface area contributed by atoms with Gasteiger partial charge < -0.3 is 9.47 Å². The van der Waals surface area contributed by atoms with Crippen molar-refractivity contribution in [2.24, 2.45) is 52.3 Å². The second-order valence-corrected chi connectivity index (χ2v) is 13.1. The summed E-state index contributed by atoms with van der Waals surface area (Å²) in [5.74, 6) is 5.20. The molecule has 0 N–H and O–H groups in total. The van der Waals surface area contributed by atoms with Crippen molar-refractivity contribution >= 4 is 0 Å². The molecule has 0 aromatic carbocycles. The van der Waals surface area contributed by atoms with Gasteiger partial charge in [0.15, 0.2) is 5.79 Å². The molecule has 168 valence electrons. The Morgan fingerprint density at radius 1 is 0.933 bits per heavy atom. The number of hydrogen-bond donors (Lipinski definition) is 0. The molecule has 0 aromatic rings. The van der Waals surface area contributed by atoms with E-state index in [1.165, 1.54) is 51.4 Å². The van der Waals surface area contributed by atoms with Crippen LogP contribution in [0.1, 0.15) is 92.4 Å². The first-order chi connectivity index (χ1) is 14.3. The van der Waals surface area contributed by atoms with Gasteiger partial charge >= 0.3 is 0 Å². The van der Waals surface area contributed by atoms with E-state index in [-0.39, 0.29) is 5.79 Å². The van der Waals surface area contributed by atoms with Crippen molar-refractivity contribution in [3.63, 3.8) is 0 Å². The highest BCUT2D eigenvalue weighted by molar-refractivity contribution is 5.26. The zero-order valence-corrected chi connectivity index (χ0v) is 20.1. The predicted molar refractivity (Wildman–Crippen MR) is 121 cm³/mol. The standard InChI is InChI=1S/C28H44O2/c1-17-8-11-26(4)20(14-17)6-7-21-22(26)10-12-27(5)23(21)15-24-25(27)19(3)28(30-24)13-9-18(2)16-29-28/h6,17-19,21-25H,7-16H2,1-5H3/t17-,18?,19-,21?,22-,23-,24-,25-,26-,27-,28+/m0/s1. The van der Waals surface area contributed by atoms with Crippen LogP contribution in [0.2, 0.25) is 0 Å². The molecule has 1 spiro atoms. The van der Waals surface area contributed by atoms with Crippen molar-refractivity contribution in [1.29, 1.82) is 0 Å². The first-order valence-electron chi connectivity index (χ1n) is 13.3. The van der Waals surface area contributed by atoms with Crippen LogP contribution in [-0.2, 0) is 9.47 Å². The van der Waals surface area contributed by atoms with E-state index < -0.39 is 0 Å². The van der Waals surface area contributed by atoms with Crippen LogP contribution in [-0.4, -0.2) is 18.5 Å². The van der Waals surface area contributed by atoms with Gasteiger partial charge in [-0.15, -0.1) is 0 Å². The summed E-state index contributed by atoms with van der Waals surface area (Å²) in [4.78, 5) is 0. The Hall–Kier alpha value is -0.340. The van der Waals surface area contributed by atoms with Crippen LogP contribution < -0.4 is 0 Å². The largest absolute Gasteiger partial charge is 0.349 e. The lowest BCUT2D eigenvalue weighted by molar-refractivity contribution is -0.272. The van der Waals surface area contributed by atoms with Gasteiger partial charge in [-0.2, -0.15) is 0 Å². The number of ether oxygens (including phenoxy) is 2. The quantitative estimate of drug-likeness (QED) is 0.399. The molecule has 30 heavy (non-hydrogen) atoms. The minimum Gasteiger partial charge on any atom is -0.349 e. The Balaban J connectivity index is 1.28. The number of allylic oxidation sites excluding steroid dienone is 2. The zero-order valence-electron chi connectivity index (χ0n) is 20.1. The average Bonchev–Trinajstić information content (AvgIpc) is 3.16. The predicted octanol–water partition coefficient (Wildman–Crippen LogP) is 6.99. The van der Waals surface area contributed by atoms with Gasteiger partial charge in [-0.25, -0.2) is 0 Å². The van der Waals surface area contributed by atoms with Gasteiger partial charge in [0.05, 0.1) is 12.7 Å². The van der Waals surface area contributed by atoms with Crippen LogP contribution in [0, 0.1) is 52.3 Å². The highest BCUT2D eigenvalue weighted by Gasteiger charge is 2.68. The van der Waals surface area contributed by atoms with Gasteiger partial charge in [-0.3, -0.25) is 0 Å². The van der Waals surface area contributed by atoms with Crippen molar-refractivity contribution in [3.05, 3.63) is 11.6 Å². The van der Waals surface area contributed by atoms with E-state index in [1.807, 2.05) is 5.57 Å². The topological polar surface area (TPSA) is 18.5 Å². The van der Waals surface area contributed by atoms with Gasteiger partial charge in [0, 0.05) is 12.3 Å². The molecule has 0 amide bonds. The van der Waals surface area contributed by atoms with E-state index in [0.717, 1.165) is 36.7 Å². The Morgan fingerprint density at radius 3 is 2.50 bits per heavy atom. The molecule has 2 unspecified atom stereocenters. The first kappa shape index (κ1) is 20.3. The smallest absolute Gasteiger partial charge is 0.171 e. The Kier molecular flexibility index (Phi) is 4.46.